The second-order valence-electron chi connectivity index (χ2n) is 5.13. The van der Waals surface area contributed by atoms with Crippen LogP contribution in [-0.2, 0) is 13.0 Å². The lowest BCUT2D eigenvalue weighted by molar-refractivity contribution is 0.0735. The van der Waals surface area contributed by atoms with Gasteiger partial charge in [0.05, 0.1) is 3.57 Å². The minimum atomic E-state index is -0.0735. The van der Waals surface area contributed by atoms with Gasteiger partial charge in [0, 0.05) is 24.3 Å². The number of nitrogens with zero attached hydrogens (tertiary/aromatic N) is 1. The van der Waals surface area contributed by atoms with E-state index in [0.717, 1.165) is 21.2 Å². The molecule has 0 bridgehead atoms. The minimum Gasteiger partial charge on any atom is -0.507 e. The van der Waals surface area contributed by atoms with Crippen molar-refractivity contribution in [1.29, 1.82) is 0 Å². The molecule has 21 heavy (non-hydrogen) atoms. The van der Waals surface area contributed by atoms with Gasteiger partial charge in [-0.3, -0.25) is 4.79 Å². The van der Waals surface area contributed by atoms with Gasteiger partial charge in [0.25, 0.3) is 5.91 Å². The monoisotopic (exact) mass is 394 g/mol. The lowest BCUT2D eigenvalue weighted by Gasteiger charge is -2.29. The molecule has 5 heteroatoms. The largest absolute Gasteiger partial charge is 0.507 e. The summed E-state index contributed by atoms with van der Waals surface area (Å²) in [5.74, 6) is 0.0639. The van der Waals surface area contributed by atoms with Crippen LogP contribution in [-0.4, -0.2) is 22.5 Å². The number of carbonyl (C=O) groups is 1. The number of carbonyl (C=O) groups excluding carboxylic acids is 1. The molecule has 0 aromatic heterocycles. The zero-order valence-electron chi connectivity index (χ0n) is 11.3. The van der Waals surface area contributed by atoms with Gasteiger partial charge in [-0.2, -0.15) is 0 Å². The lowest BCUT2D eigenvalue weighted by Crippen LogP contribution is -2.36. The lowest BCUT2D eigenvalue weighted by atomic mass is 9.97. The van der Waals surface area contributed by atoms with Gasteiger partial charge in [-0.1, -0.05) is 12.1 Å². The summed E-state index contributed by atoms with van der Waals surface area (Å²) in [5, 5.41) is 9.75. The number of aromatic hydroxyl groups is 1. The van der Waals surface area contributed by atoms with E-state index in [1.165, 1.54) is 11.6 Å². The van der Waals surface area contributed by atoms with E-state index in [9.17, 15) is 9.90 Å². The summed E-state index contributed by atoms with van der Waals surface area (Å²) in [5.41, 5.74) is 9.49. The molecule has 2 aromatic carbocycles. The van der Waals surface area contributed by atoms with E-state index in [4.69, 9.17) is 5.73 Å². The number of anilines is 1. The fraction of sp³-hybridized carbons (Fsp3) is 0.188. The number of fused-ring (bicyclic) bond motifs is 1. The van der Waals surface area contributed by atoms with Gasteiger partial charge >= 0.3 is 0 Å². The maximum absolute atomic E-state index is 12.6. The standard InChI is InChI=1S/C16H15IN2O2/c17-13-5-4-11(8-15(13)20)16(21)19-7-6-10-2-1-3-14(18)12(10)9-19/h1-5,8,20H,6-7,9,18H2. The first-order valence-corrected chi connectivity index (χ1v) is 7.78. The van der Waals surface area contributed by atoms with Gasteiger partial charge < -0.3 is 15.7 Å². The van der Waals surface area contributed by atoms with E-state index >= 15 is 0 Å². The number of nitrogen functional groups attached to an aromatic ring is 1. The summed E-state index contributed by atoms with van der Waals surface area (Å²) in [6.45, 7) is 1.19. The molecule has 2 aromatic rings. The third kappa shape index (κ3) is 2.70. The molecular weight excluding hydrogens is 379 g/mol. The Labute approximate surface area is 136 Å². The van der Waals surface area contributed by atoms with Crippen molar-refractivity contribution < 1.29 is 9.90 Å². The van der Waals surface area contributed by atoms with Crippen molar-refractivity contribution in [3.05, 3.63) is 56.7 Å². The van der Waals surface area contributed by atoms with Crippen LogP contribution in [0.25, 0.3) is 0 Å². The number of halogens is 1. The Bertz CT molecular complexity index is 715. The third-order valence-electron chi connectivity index (χ3n) is 3.79. The number of nitrogens with two attached hydrogens (primary N) is 1. The molecule has 108 valence electrons. The van der Waals surface area contributed by atoms with Crippen molar-refractivity contribution in [2.45, 2.75) is 13.0 Å². The number of hydrogen-bond acceptors (Lipinski definition) is 3. The molecule has 3 rings (SSSR count). The normalized spacial score (nSPS) is 13.9. The van der Waals surface area contributed by atoms with Gasteiger partial charge in [-0.25, -0.2) is 0 Å². The fourth-order valence-corrected chi connectivity index (χ4v) is 2.94. The van der Waals surface area contributed by atoms with Crippen LogP contribution < -0.4 is 5.73 Å². The van der Waals surface area contributed by atoms with E-state index in [1.807, 2.05) is 34.7 Å². The highest BCUT2D eigenvalue weighted by atomic mass is 127. The first-order valence-electron chi connectivity index (χ1n) is 6.70. The summed E-state index contributed by atoms with van der Waals surface area (Å²) in [4.78, 5) is 14.3. The summed E-state index contributed by atoms with van der Waals surface area (Å²) in [6.07, 6.45) is 0.808. The number of hydrogen-bond donors (Lipinski definition) is 2. The van der Waals surface area contributed by atoms with Gasteiger partial charge in [-0.15, -0.1) is 0 Å². The number of phenolic OH excluding ortho intramolecular Hbond substituents is 1. The Morgan fingerprint density at radius 3 is 2.86 bits per heavy atom. The number of benzene rings is 2. The Morgan fingerprint density at radius 2 is 2.10 bits per heavy atom. The zero-order valence-corrected chi connectivity index (χ0v) is 13.5. The van der Waals surface area contributed by atoms with Crippen LogP contribution in [0.4, 0.5) is 5.69 Å². The predicted molar refractivity (Wildman–Crippen MR) is 90.1 cm³/mol. The Hall–Kier alpha value is -1.76. The van der Waals surface area contributed by atoms with Crippen molar-refractivity contribution in [2.24, 2.45) is 0 Å². The van der Waals surface area contributed by atoms with E-state index in [0.29, 0.717) is 18.7 Å². The predicted octanol–water partition coefficient (Wildman–Crippen LogP) is 2.78. The van der Waals surface area contributed by atoms with E-state index < -0.39 is 0 Å². The molecule has 3 N–H and O–H groups in total. The molecular formula is C16H15IN2O2. The van der Waals surface area contributed by atoms with Crippen LogP contribution in [0.3, 0.4) is 0 Å². The van der Waals surface area contributed by atoms with Gasteiger partial charge in [0.15, 0.2) is 0 Å². The Balaban J connectivity index is 1.87. The Morgan fingerprint density at radius 1 is 1.29 bits per heavy atom. The van der Waals surface area contributed by atoms with Crippen LogP contribution >= 0.6 is 22.6 Å². The van der Waals surface area contributed by atoms with E-state index in [-0.39, 0.29) is 11.7 Å². The van der Waals surface area contributed by atoms with Crippen LogP contribution in [0.1, 0.15) is 21.5 Å². The SMILES string of the molecule is Nc1cccc2c1CN(C(=O)c1ccc(I)c(O)c1)CC2. The zero-order chi connectivity index (χ0) is 15.0. The van der Waals surface area contributed by atoms with E-state index in [1.54, 1.807) is 17.0 Å². The van der Waals surface area contributed by atoms with Crippen LogP contribution in [0.2, 0.25) is 0 Å². The molecule has 0 saturated carbocycles. The first-order chi connectivity index (χ1) is 10.1. The first kappa shape index (κ1) is 14.2. The minimum absolute atomic E-state index is 0.0735. The topological polar surface area (TPSA) is 66.6 Å². The highest BCUT2D eigenvalue weighted by molar-refractivity contribution is 14.1. The second kappa shape index (κ2) is 5.55. The Kier molecular flexibility index (Phi) is 3.75. The third-order valence-corrected chi connectivity index (χ3v) is 4.70. The smallest absolute Gasteiger partial charge is 0.254 e. The molecule has 0 spiro atoms. The summed E-state index contributed by atoms with van der Waals surface area (Å²) in [6, 6.07) is 10.9. The van der Waals surface area contributed by atoms with Crippen molar-refractivity contribution in [1.82, 2.24) is 4.90 Å². The van der Waals surface area contributed by atoms with Gasteiger partial charge in [-0.05, 0) is 64.4 Å². The van der Waals surface area contributed by atoms with Crippen molar-refractivity contribution >= 4 is 34.2 Å². The van der Waals surface area contributed by atoms with Crippen LogP contribution in [0.5, 0.6) is 5.75 Å². The van der Waals surface area contributed by atoms with Crippen LogP contribution in [0, 0.1) is 3.57 Å². The van der Waals surface area contributed by atoms with Crippen molar-refractivity contribution in [2.75, 3.05) is 12.3 Å². The molecule has 0 aliphatic carbocycles. The van der Waals surface area contributed by atoms with Gasteiger partial charge in [0.2, 0.25) is 0 Å². The molecule has 0 saturated heterocycles. The van der Waals surface area contributed by atoms with Crippen molar-refractivity contribution in [3.63, 3.8) is 0 Å². The van der Waals surface area contributed by atoms with Gasteiger partial charge in [0.1, 0.15) is 5.75 Å². The molecule has 0 radical (unpaired) electrons. The summed E-state index contributed by atoms with van der Waals surface area (Å²) < 4.78 is 0.734. The molecule has 1 aliphatic rings. The quantitative estimate of drug-likeness (QED) is 0.578. The molecule has 1 aliphatic heterocycles. The highest BCUT2D eigenvalue weighted by Gasteiger charge is 2.23. The maximum Gasteiger partial charge on any atom is 0.254 e. The maximum atomic E-state index is 12.6. The summed E-state index contributed by atoms with van der Waals surface area (Å²) >= 11 is 2.03. The average Bonchev–Trinajstić information content (AvgIpc) is 2.49. The number of amides is 1. The molecule has 4 nitrogen and oxygen atoms in total. The van der Waals surface area contributed by atoms with Crippen molar-refractivity contribution in [3.8, 4) is 5.75 Å². The highest BCUT2D eigenvalue weighted by Crippen LogP contribution is 2.26. The number of phenols is 1. The fourth-order valence-electron chi connectivity index (χ4n) is 2.61. The molecule has 0 atom stereocenters. The average molecular weight is 394 g/mol. The number of rotatable bonds is 1. The van der Waals surface area contributed by atoms with E-state index in [2.05, 4.69) is 6.07 Å². The second-order valence-corrected chi connectivity index (χ2v) is 6.29. The molecule has 0 fully saturated rings. The van der Waals surface area contributed by atoms with Crippen LogP contribution in [0.15, 0.2) is 36.4 Å². The molecule has 0 unspecified atom stereocenters. The molecule has 1 heterocycles. The molecule has 1 amide bonds. The summed E-state index contributed by atoms with van der Waals surface area (Å²) in [7, 11) is 0.